The highest BCUT2D eigenvalue weighted by Gasteiger charge is 2.50. The Morgan fingerprint density at radius 2 is 1.71 bits per heavy atom. The fourth-order valence-electron chi connectivity index (χ4n) is 6.51. The molecule has 0 radical (unpaired) electrons. The molecule has 16 atom stereocenters. The average Bonchev–Trinajstić information content (AvgIpc) is 3.52. The molecule has 3 aliphatic rings. The van der Waals surface area contributed by atoms with E-state index in [-0.39, 0.29) is 38.6 Å². The number of nitrogens with zero attached hydrogens (tertiary/aromatic N) is 2. The first kappa shape index (κ1) is 40.9. The molecule has 1 amide bonds. The molecular formula is C30H53N9O12. The molecule has 0 bridgehead atoms. The standard InChI is InChI=1S/C30H53N9O12/c1-11(31)28(45)38-17(29(46)47)4-12-8-39(10-37-12)3-2-21(41)48-9-20-24(43)22(35)25(44)30(50-20)51-26-16(34)6-14(32)13(23(26)42)5-19-15(33)7-18(40)27(36)49-19/h8,10-11,13-20,22-27,30,40,42-44H,2-7,9,31-36H2,1H3,(H,38,45)(H,46,47)/t11?,13-,14+,15-,16-,17?,18+,19-,20-,22+,23+,24-,25-,26+,27+,30-/m1/s1. The van der Waals surface area contributed by atoms with Crippen molar-refractivity contribution in [3.63, 3.8) is 0 Å². The average molecular weight is 732 g/mol. The van der Waals surface area contributed by atoms with Crippen molar-refractivity contribution >= 4 is 17.8 Å². The molecule has 290 valence electrons. The van der Waals surface area contributed by atoms with Gasteiger partial charge in [-0.25, -0.2) is 9.78 Å². The number of carbonyl (C=O) groups excluding carboxylic acids is 2. The van der Waals surface area contributed by atoms with Crippen molar-refractivity contribution in [3.8, 4) is 0 Å². The number of carbonyl (C=O) groups is 3. The smallest absolute Gasteiger partial charge is 0.326 e. The zero-order chi connectivity index (χ0) is 37.7. The van der Waals surface area contributed by atoms with E-state index in [9.17, 15) is 39.9 Å². The topological polar surface area (TPSA) is 375 Å². The Kier molecular flexibility index (Phi) is 14.2. The molecule has 1 aromatic heterocycles. The lowest BCUT2D eigenvalue weighted by molar-refractivity contribution is -0.303. The van der Waals surface area contributed by atoms with Gasteiger partial charge in [-0.3, -0.25) is 9.59 Å². The third-order valence-corrected chi connectivity index (χ3v) is 9.66. The van der Waals surface area contributed by atoms with Crippen LogP contribution in [0.3, 0.4) is 0 Å². The SMILES string of the molecule is CC(N)C(=O)NC(Cc1cn(CCC(=O)OC[C@H]2O[C@H](O[C@@H]3[C@@H](O)[C@H](C[C@H]4O[C@H](N)[C@@H](O)C[C@H]4N)[C@@H](N)C[C@H]3N)[C@H](O)[C@@H](N)[C@@H]2O)cn1)C(=O)O. The van der Waals surface area contributed by atoms with E-state index in [1.807, 2.05) is 0 Å². The van der Waals surface area contributed by atoms with Gasteiger partial charge in [-0.1, -0.05) is 0 Å². The molecule has 18 N–H and O–H groups in total. The van der Waals surface area contributed by atoms with Crippen LogP contribution in [-0.2, 0) is 46.3 Å². The molecule has 4 rings (SSSR count). The quantitative estimate of drug-likeness (QED) is 0.0791. The number of aliphatic carboxylic acids is 1. The fourth-order valence-corrected chi connectivity index (χ4v) is 6.51. The minimum atomic E-state index is -1.54. The van der Waals surface area contributed by atoms with Gasteiger partial charge in [0, 0.05) is 43.2 Å². The molecular weight excluding hydrogens is 678 g/mol. The maximum absolute atomic E-state index is 12.6. The van der Waals surface area contributed by atoms with Crippen LogP contribution >= 0.6 is 0 Å². The van der Waals surface area contributed by atoms with Crippen LogP contribution in [0.1, 0.15) is 38.3 Å². The first-order valence-electron chi connectivity index (χ1n) is 16.9. The van der Waals surface area contributed by atoms with Gasteiger partial charge >= 0.3 is 11.9 Å². The van der Waals surface area contributed by atoms with Gasteiger partial charge < -0.3 is 88.8 Å². The number of hydrogen-bond acceptors (Lipinski definition) is 18. The van der Waals surface area contributed by atoms with Gasteiger partial charge in [0.2, 0.25) is 5.91 Å². The van der Waals surface area contributed by atoms with Crippen molar-refractivity contribution in [3.05, 3.63) is 18.2 Å². The number of amides is 1. The van der Waals surface area contributed by atoms with E-state index in [0.29, 0.717) is 5.69 Å². The highest BCUT2D eigenvalue weighted by molar-refractivity contribution is 5.86. The van der Waals surface area contributed by atoms with E-state index in [2.05, 4.69) is 10.3 Å². The largest absolute Gasteiger partial charge is 0.480 e. The third kappa shape index (κ3) is 10.4. The van der Waals surface area contributed by atoms with Crippen molar-refractivity contribution in [2.45, 2.75) is 137 Å². The molecule has 1 aromatic rings. The second-order valence-electron chi connectivity index (χ2n) is 13.7. The summed E-state index contributed by atoms with van der Waals surface area (Å²) in [5, 5.41) is 54.6. The number of carboxylic acid groups (broad SMARTS) is 1. The van der Waals surface area contributed by atoms with Crippen molar-refractivity contribution in [1.82, 2.24) is 14.9 Å². The van der Waals surface area contributed by atoms with Crippen molar-refractivity contribution < 1.29 is 58.9 Å². The molecule has 3 heterocycles. The fraction of sp³-hybridized carbons (Fsp3) is 0.800. The Morgan fingerprint density at radius 1 is 1.00 bits per heavy atom. The molecule has 0 aromatic carbocycles. The van der Waals surface area contributed by atoms with Crippen LogP contribution in [0.25, 0.3) is 0 Å². The summed E-state index contributed by atoms with van der Waals surface area (Å²) in [7, 11) is 0. The number of ether oxygens (including phenoxy) is 4. The summed E-state index contributed by atoms with van der Waals surface area (Å²) in [6.45, 7) is 1.08. The van der Waals surface area contributed by atoms with Gasteiger partial charge in [-0.2, -0.15) is 0 Å². The lowest BCUT2D eigenvalue weighted by Gasteiger charge is -2.48. The second-order valence-corrected chi connectivity index (χ2v) is 13.7. The Balaban J connectivity index is 1.30. The Hall–Kier alpha value is -2.90. The molecule has 2 saturated heterocycles. The predicted molar refractivity (Wildman–Crippen MR) is 174 cm³/mol. The lowest BCUT2D eigenvalue weighted by atomic mass is 9.74. The number of hydrogen-bond donors (Lipinski definition) is 12. The Bertz CT molecular complexity index is 1320. The Labute approximate surface area is 293 Å². The maximum atomic E-state index is 12.6. The van der Waals surface area contributed by atoms with Crippen LogP contribution in [-0.4, -0.2) is 151 Å². The number of nitrogens with one attached hydrogen (secondary N) is 1. The highest BCUT2D eigenvalue weighted by Crippen LogP contribution is 2.34. The maximum Gasteiger partial charge on any atom is 0.326 e. The number of nitrogens with two attached hydrogens (primary N) is 6. The first-order valence-corrected chi connectivity index (χ1v) is 16.9. The van der Waals surface area contributed by atoms with Crippen LogP contribution in [0, 0.1) is 5.92 Å². The summed E-state index contributed by atoms with van der Waals surface area (Å²) < 4.78 is 24.3. The van der Waals surface area contributed by atoms with Crippen molar-refractivity contribution in [2.75, 3.05) is 6.61 Å². The minimum Gasteiger partial charge on any atom is -0.480 e. The third-order valence-electron chi connectivity index (χ3n) is 9.66. The van der Waals surface area contributed by atoms with Crippen molar-refractivity contribution in [1.29, 1.82) is 0 Å². The van der Waals surface area contributed by atoms with E-state index in [4.69, 9.17) is 53.3 Å². The number of aryl methyl sites for hydroxylation is 1. The number of carboxylic acids is 1. The summed E-state index contributed by atoms with van der Waals surface area (Å²) in [5.74, 6) is -3.18. The summed E-state index contributed by atoms with van der Waals surface area (Å²) in [6.07, 6.45) is -7.24. The zero-order valence-electron chi connectivity index (χ0n) is 28.3. The zero-order valence-corrected chi connectivity index (χ0v) is 28.3. The molecule has 3 fully saturated rings. The molecule has 1 saturated carbocycles. The van der Waals surface area contributed by atoms with Gasteiger partial charge in [0.15, 0.2) is 6.29 Å². The molecule has 1 aliphatic carbocycles. The first-order chi connectivity index (χ1) is 24.0. The van der Waals surface area contributed by atoms with E-state index in [0.717, 1.165) is 0 Å². The lowest BCUT2D eigenvalue weighted by Crippen LogP contribution is -2.66. The number of aliphatic hydroxyl groups excluding tert-OH is 4. The van der Waals surface area contributed by atoms with Gasteiger partial charge in [0.05, 0.1) is 48.8 Å². The normalized spacial score (nSPS) is 38.4. The van der Waals surface area contributed by atoms with Crippen LogP contribution in [0.2, 0.25) is 0 Å². The summed E-state index contributed by atoms with van der Waals surface area (Å²) in [6, 6.07) is -5.32. The summed E-state index contributed by atoms with van der Waals surface area (Å²) in [5.41, 5.74) is 36.6. The van der Waals surface area contributed by atoms with Gasteiger partial charge in [-0.15, -0.1) is 0 Å². The highest BCUT2D eigenvalue weighted by atomic mass is 16.7. The predicted octanol–water partition coefficient (Wildman–Crippen LogP) is -6.38. The molecule has 0 spiro atoms. The van der Waals surface area contributed by atoms with Crippen molar-refractivity contribution in [2.24, 2.45) is 40.3 Å². The second kappa shape index (κ2) is 17.7. The van der Waals surface area contributed by atoms with Crippen LogP contribution < -0.4 is 39.7 Å². The molecule has 21 heteroatoms. The number of aliphatic hydroxyl groups is 4. The number of rotatable bonds is 14. The van der Waals surface area contributed by atoms with Crippen LogP contribution in [0.15, 0.2) is 12.5 Å². The molecule has 2 aliphatic heterocycles. The van der Waals surface area contributed by atoms with E-state index >= 15 is 0 Å². The number of aromatic nitrogens is 2. The van der Waals surface area contributed by atoms with Crippen LogP contribution in [0.4, 0.5) is 0 Å². The Morgan fingerprint density at radius 3 is 2.37 bits per heavy atom. The van der Waals surface area contributed by atoms with E-state index in [1.54, 1.807) is 0 Å². The van der Waals surface area contributed by atoms with Gasteiger partial charge in [-0.05, 0) is 26.2 Å². The summed E-state index contributed by atoms with van der Waals surface area (Å²) in [4.78, 5) is 40.1. The van der Waals surface area contributed by atoms with E-state index < -0.39 is 122 Å². The monoisotopic (exact) mass is 731 g/mol. The van der Waals surface area contributed by atoms with E-state index in [1.165, 1.54) is 24.0 Å². The number of esters is 1. The van der Waals surface area contributed by atoms with Gasteiger partial charge in [0.1, 0.15) is 43.3 Å². The van der Waals surface area contributed by atoms with Gasteiger partial charge in [0.25, 0.3) is 0 Å². The molecule has 21 nitrogen and oxygen atoms in total. The van der Waals surface area contributed by atoms with Crippen LogP contribution in [0.5, 0.6) is 0 Å². The minimum absolute atomic E-state index is 0.109. The summed E-state index contributed by atoms with van der Waals surface area (Å²) >= 11 is 0. The number of imidazole rings is 1. The molecule has 51 heavy (non-hydrogen) atoms. The molecule has 2 unspecified atom stereocenters.